The molecule has 1 aliphatic heterocycles. The molecule has 1 aliphatic rings. The summed E-state index contributed by atoms with van der Waals surface area (Å²) >= 11 is 0. The van der Waals surface area contributed by atoms with Crippen molar-refractivity contribution in [2.75, 3.05) is 11.4 Å². The Morgan fingerprint density at radius 3 is 2.37 bits per heavy atom. The van der Waals surface area contributed by atoms with Crippen molar-refractivity contribution in [3.63, 3.8) is 0 Å². The number of carbonyl (C=O) groups excluding carboxylic acids is 1. The quantitative estimate of drug-likeness (QED) is 0.850. The predicted octanol–water partition coefficient (Wildman–Crippen LogP) is 3.78. The lowest BCUT2D eigenvalue weighted by Crippen LogP contribution is -2.28. The van der Waals surface area contributed by atoms with Crippen LogP contribution in [-0.2, 0) is 14.8 Å². The van der Waals surface area contributed by atoms with E-state index in [-0.39, 0.29) is 16.8 Å². The fraction of sp³-hybridized carbons (Fsp3) is 0.381. The van der Waals surface area contributed by atoms with Crippen molar-refractivity contribution in [1.82, 2.24) is 4.72 Å². The zero-order valence-corrected chi connectivity index (χ0v) is 17.1. The van der Waals surface area contributed by atoms with Gasteiger partial charge in [0.05, 0.1) is 4.90 Å². The second-order valence-electron chi connectivity index (χ2n) is 7.30. The third kappa shape index (κ3) is 4.06. The third-order valence-electron chi connectivity index (χ3n) is 5.07. The first-order chi connectivity index (χ1) is 12.7. The molecular formula is C21H26N2O3S. The van der Waals surface area contributed by atoms with E-state index >= 15 is 0 Å². The molecule has 1 heterocycles. The summed E-state index contributed by atoms with van der Waals surface area (Å²) in [6.07, 6.45) is 1.39. The lowest BCUT2D eigenvalue weighted by atomic mass is 10.0. The molecule has 3 rings (SSSR count). The van der Waals surface area contributed by atoms with Gasteiger partial charge in [-0.25, -0.2) is 13.1 Å². The van der Waals surface area contributed by atoms with E-state index in [1.807, 2.05) is 45.9 Å². The van der Waals surface area contributed by atoms with Crippen LogP contribution in [0.25, 0.3) is 0 Å². The summed E-state index contributed by atoms with van der Waals surface area (Å²) in [6.45, 7) is 8.38. The summed E-state index contributed by atoms with van der Waals surface area (Å²) in [6, 6.07) is 10.6. The number of rotatable bonds is 5. The second-order valence-corrected chi connectivity index (χ2v) is 9.01. The van der Waals surface area contributed by atoms with Crippen LogP contribution in [0.4, 0.5) is 5.69 Å². The number of carbonyl (C=O) groups is 1. The first-order valence-electron chi connectivity index (χ1n) is 9.19. The van der Waals surface area contributed by atoms with Crippen molar-refractivity contribution < 1.29 is 13.2 Å². The number of anilines is 1. The molecule has 0 aliphatic carbocycles. The first-order valence-corrected chi connectivity index (χ1v) is 10.7. The van der Waals surface area contributed by atoms with Crippen molar-refractivity contribution in [3.8, 4) is 0 Å². The number of benzene rings is 2. The zero-order valence-electron chi connectivity index (χ0n) is 16.2. The molecule has 144 valence electrons. The monoisotopic (exact) mass is 386 g/mol. The summed E-state index contributed by atoms with van der Waals surface area (Å²) in [4.78, 5) is 13.9. The van der Waals surface area contributed by atoms with Crippen molar-refractivity contribution in [1.29, 1.82) is 0 Å². The number of aryl methyl sites for hydroxylation is 3. The Labute approximate surface area is 161 Å². The molecule has 0 saturated carbocycles. The molecule has 0 aromatic heterocycles. The molecule has 1 atom stereocenters. The van der Waals surface area contributed by atoms with Crippen LogP contribution in [0.15, 0.2) is 41.3 Å². The van der Waals surface area contributed by atoms with Gasteiger partial charge in [-0.2, -0.15) is 0 Å². The van der Waals surface area contributed by atoms with Crippen LogP contribution >= 0.6 is 0 Å². The van der Waals surface area contributed by atoms with Gasteiger partial charge in [-0.05, 0) is 69.0 Å². The number of hydrogen-bond acceptors (Lipinski definition) is 3. The summed E-state index contributed by atoms with van der Waals surface area (Å²) in [7, 11) is -3.66. The van der Waals surface area contributed by atoms with Crippen LogP contribution in [0, 0.1) is 20.8 Å². The number of sulfonamides is 1. The van der Waals surface area contributed by atoms with Gasteiger partial charge >= 0.3 is 0 Å². The van der Waals surface area contributed by atoms with Gasteiger partial charge in [0.2, 0.25) is 15.9 Å². The predicted molar refractivity (Wildman–Crippen MR) is 107 cm³/mol. The van der Waals surface area contributed by atoms with E-state index in [2.05, 4.69) is 4.72 Å². The number of nitrogens with zero attached hydrogens (tertiary/aromatic N) is 1. The van der Waals surface area contributed by atoms with Gasteiger partial charge in [0.25, 0.3) is 0 Å². The van der Waals surface area contributed by atoms with Gasteiger partial charge in [-0.1, -0.05) is 23.8 Å². The Morgan fingerprint density at radius 1 is 1.04 bits per heavy atom. The maximum atomic E-state index is 12.9. The Balaban J connectivity index is 1.84. The SMILES string of the molecule is Cc1ccc([C@@H](C)NS(=O)(=O)c2ccc(N3CCCC3=O)c(C)c2)c(C)c1. The molecule has 27 heavy (non-hydrogen) atoms. The molecule has 0 radical (unpaired) electrons. The van der Waals surface area contributed by atoms with Crippen LogP contribution in [0.5, 0.6) is 0 Å². The first kappa shape index (κ1) is 19.6. The van der Waals surface area contributed by atoms with Crippen LogP contribution in [-0.4, -0.2) is 20.9 Å². The maximum Gasteiger partial charge on any atom is 0.241 e. The molecular weight excluding hydrogens is 360 g/mol. The molecule has 0 spiro atoms. The van der Waals surface area contributed by atoms with Crippen molar-refractivity contribution in [3.05, 3.63) is 58.7 Å². The molecule has 2 aromatic carbocycles. The maximum absolute atomic E-state index is 12.9. The summed E-state index contributed by atoms with van der Waals surface area (Å²) in [5.41, 5.74) is 4.74. The lowest BCUT2D eigenvalue weighted by Gasteiger charge is -2.20. The van der Waals surface area contributed by atoms with Crippen molar-refractivity contribution >= 4 is 21.6 Å². The van der Waals surface area contributed by atoms with E-state index in [1.54, 1.807) is 23.1 Å². The molecule has 5 nitrogen and oxygen atoms in total. The van der Waals surface area contributed by atoms with Gasteiger partial charge in [0.15, 0.2) is 0 Å². The molecule has 6 heteroatoms. The van der Waals surface area contributed by atoms with Gasteiger partial charge in [0.1, 0.15) is 0 Å². The van der Waals surface area contributed by atoms with E-state index in [4.69, 9.17) is 0 Å². The minimum absolute atomic E-state index is 0.0929. The van der Waals surface area contributed by atoms with Crippen LogP contribution < -0.4 is 9.62 Å². The summed E-state index contributed by atoms with van der Waals surface area (Å²) < 4.78 is 28.5. The summed E-state index contributed by atoms with van der Waals surface area (Å²) in [5, 5.41) is 0. The zero-order chi connectivity index (χ0) is 19.8. The highest BCUT2D eigenvalue weighted by molar-refractivity contribution is 7.89. The molecule has 1 fully saturated rings. The fourth-order valence-corrected chi connectivity index (χ4v) is 4.98. The smallest absolute Gasteiger partial charge is 0.241 e. The minimum Gasteiger partial charge on any atom is -0.312 e. The Hall–Kier alpha value is -2.18. The van der Waals surface area contributed by atoms with Crippen molar-refractivity contribution in [2.24, 2.45) is 0 Å². The Bertz CT molecular complexity index is 983. The van der Waals surface area contributed by atoms with Gasteiger partial charge in [0, 0.05) is 24.7 Å². The largest absolute Gasteiger partial charge is 0.312 e. The van der Waals surface area contributed by atoms with E-state index in [0.29, 0.717) is 13.0 Å². The molecule has 1 amide bonds. The minimum atomic E-state index is -3.66. The molecule has 0 unspecified atom stereocenters. The van der Waals surface area contributed by atoms with Crippen LogP contribution in [0.2, 0.25) is 0 Å². The van der Waals surface area contributed by atoms with Gasteiger partial charge in [-0.15, -0.1) is 0 Å². The van der Waals surface area contributed by atoms with Gasteiger partial charge < -0.3 is 4.90 Å². The molecule has 1 N–H and O–H groups in total. The van der Waals surface area contributed by atoms with E-state index < -0.39 is 10.0 Å². The highest BCUT2D eigenvalue weighted by atomic mass is 32.2. The van der Waals surface area contributed by atoms with Crippen LogP contribution in [0.3, 0.4) is 0 Å². The highest BCUT2D eigenvalue weighted by Crippen LogP contribution is 2.28. The van der Waals surface area contributed by atoms with E-state index in [9.17, 15) is 13.2 Å². The Kier molecular flexibility index (Phi) is 5.40. The molecule has 0 bridgehead atoms. The number of amides is 1. The third-order valence-corrected chi connectivity index (χ3v) is 6.60. The van der Waals surface area contributed by atoms with E-state index in [0.717, 1.165) is 34.4 Å². The van der Waals surface area contributed by atoms with E-state index in [1.165, 1.54) is 0 Å². The summed E-state index contributed by atoms with van der Waals surface area (Å²) in [5.74, 6) is 0.0929. The number of nitrogens with one attached hydrogen (secondary N) is 1. The average Bonchev–Trinajstić information content (AvgIpc) is 3.00. The Morgan fingerprint density at radius 2 is 1.78 bits per heavy atom. The topological polar surface area (TPSA) is 66.5 Å². The number of hydrogen-bond donors (Lipinski definition) is 1. The normalized spacial score (nSPS) is 16.0. The lowest BCUT2D eigenvalue weighted by molar-refractivity contribution is -0.117. The standard InChI is InChI=1S/C21H26N2O3S/c1-14-7-9-19(15(2)12-14)17(4)22-27(25,26)18-8-10-20(16(3)13-18)23-11-5-6-21(23)24/h7-10,12-13,17,22H,5-6,11H2,1-4H3/t17-/m1/s1. The second kappa shape index (κ2) is 7.44. The highest BCUT2D eigenvalue weighted by Gasteiger charge is 2.25. The molecule has 1 saturated heterocycles. The van der Waals surface area contributed by atoms with Gasteiger partial charge in [-0.3, -0.25) is 4.79 Å². The van der Waals surface area contributed by atoms with Crippen LogP contribution in [0.1, 0.15) is 48.1 Å². The van der Waals surface area contributed by atoms with Crippen molar-refractivity contribution in [2.45, 2.75) is 51.5 Å². The molecule has 2 aromatic rings. The average molecular weight is 387 g/mol. The fourth-order valence-electron chi connectivity index (χ4n) is 3.68.